The zero-order valence-electron chi connectivity index (χ0n) is 9.59. The summed E-state index contributed by atoms with van der Waals surface area (Å²) in [5.74, 6) is 1.15. The summed E-state index contributed by atoms with van der Waals surface area (Å²) in [6.07, 6.45) is 5.49. The molecule has 88 valence electrons. The van der Waals surface area contributed by atoms with Gasteiger partial charge in [-0.15, -0.1) is 0 Å². The molecule has 2 aromatic heterocycles. The van der Waals surface area contributed by atoms with E-state index in [1.54, 1.807) is 12.4 Å². The maximum Gasteiger partial charge on any atom is 0.259 e. The molecule has 5 nitrogen and oxygen atoms in total. The molecule has 5 heteroatoms. The van der Waals surface area contributed by atoms with Gasteiger partial charge in [-0.3, -0.25) is 4.98 Å². The van der Waals surface area contributed by atoms with Crippen LogP contribution in [0.1, 0.15) is 30.3 Å². The summed E-state index contributed by atoms with van der Waals surface area (Å²) in [5.41, 5.74) is 1.95. The zero-order chi connectivity index (χ0) is 11.7. The highest BCUT2D eigenvalue weighted by Crippen LogP contribution is 2.28. The number of aromatic nitrogens is 3. The van der Waals surface area contributed by atoms with Crippen molar-refractivity contribution in [2.45, 2.75) is 25.9 Å². The van der Waals surface area contributed by atoms with E-state index >= 15 is 0 Å². The predicted molar refractivity (Wildman–Crippen MR) is 60.2 cm³/mol. The minimum absolute atomic E-state index is 0.00974. The predicted octanol–water partition coefficient (Wildman–Crippen LogP) is 2.29. The molecule has 1 aliphatic heterocycles. The number of nitrogens with zero attached hydrogens (tertiary/aromatic N) is 3. The first-order valence-electron chi connectivity index (χ1n) is 5.71. The fraction of sp³-hybridized carbons (Fsp3) is 0.417. The lowest BCUT2D eigenvalue weighted by Crippen LogP contribution is -1.97. The van der Waals surface area contributed by atoms with Crippen LogP contribution in [0, 0.1) is 6.92 Å². The second-order valence-corrected chi connectivity index (χ2v) is 4.15. The quantitative estimate of drug-likeness (QED) is 0.793. The van der Waals surface area contributed by atoms with Gasteiger partial charge in [0.15, 0.2) is 0 Å². The van der Waals surface area contributed by atoms with Crippen LogP contribution in [0.25, 0.3) is 11.5 Å². The summed E-state index contributed by atoms with van der Waals surface area (Å²) < 4.78 is 10.8. The topological polar surface area (TPSA) is 61.0 Å². The average Bonchev–Trinajstić information content (AvgIpc) is 3.00. The van der Waals surface area contributed by atoms with Gasteiger partial charge in [-0.1, -0.05) is 5.16 Å². The molecular formula is C12H13N3O2. The molecule has 1 aliphatic rings. The van der Waals surface area contributed by atoms with Crippen LogP contribution in [0.3, 0.4) is 0 Å². The van der Waals surface area contributed by atoms with Crippen molar-refractivity contribution in [2.75, 3.05) is 6.61 Å². The lowest BCUT2D eigenvalue weighted by Gasteiger charge is -2.01. The average molecular weight is 231 g/mol. The Labute approximate surface area is 98.8 Å². The molecule has 0 N–H and O–H groups in total. The van der Waals surface area contributed by atoms with Crippen LogP contribution < -0.4 is 0 Å². The van der Waals surface area contributed by atoms with Crippen molar-refractivity contribution in [3.8, 4) is 11.5 Å². The minimum Gasteiger partial charge on any atom is -0.370 e. The van der Waals surface area contributed by atoms with Crippen LogP contribution in [0.5, 0.6) is 0 Å². The van der Waals surface area contributed by atoms with Crippen molar-refractivity contribution in [3.63, 3.8) is 0 Å². The van der Waals surface area contributed by atoms with Gasteiger partial charge in [0.25, 0.3) is 5.89 Å². The van der Waals surface area contributed by atoms with Gasteiger partial charge < -0.3 is 9.26 Å². The number of pyridine rings is 1. The van der Waals surface area contributed by atoms with E-state index in [0.29, 0.717) is 11.7 Å². The van der Waals surface area contributed by atoms with Crippen LogP contribution >= 0.6 is 0 Å². The molecule has 0 radical (unpaired) electrons. The van der Waals surface area contributed by atoms with Crippen molar-refractivity contribution in [3.05, 3.63) is 29.8 Å². The highest BCUT2D eigenvalue weighted by molar-refractivity contribution is 5.56. The molecular weight excluding hydrogens is 218 g/mol. The second kappa shape index (κ2) is 4.25. The number of ether oxygens (including phenoxy) is 1. The van der Waals surface area contributed by atoms with Crippen molar-refractivity contribution in [1.29, 1.82) is 0 Å². The first-order valence-corrected chi connectivity index (χ1v) is 5.71. The molecule has 2 aromatic rings. The van der Waals surface area contributed by atoms with Gasteiger partial charge in [0, 0.05) is 19.0 Å². The van der Waals surface area contributed by atoms with E-state index < -0.39 is 0 Å². The van der Waals surface area contributed by atoms with Crippen molar-refractivity contribution < 1.29 is 9.26 Å². The van der Waals surface area contributed by atoms with Crippen molar-refractivity contribution >= 4 is 0 Å². The SMILES string of the molecule is Cc1ccncc1-c1nc(C2CCCO2)no1. The highest BCUT2D eigenvalue weighted by atomic mass is 16.5. The molecule has 0 saturated carbocycles. The van der Waals surface area contributed by atoms with Gasteiger partial charge in [0.2, 0.25) is 5.82 Å². The van der Waals surface area contributed by atoms with Gasteiger partial charge in [-0.25, -0.2) is 0 Å². The minimum atomic E-state index is -0.00974. The summed E-state index contributed by atoms with van der Waals surface area (Å²) in [6, 6.07) is 1.92. The Morgan fingerprint density at radius 2 is 2.35 bits per heavy atom. The fourth-order valence-electron chi connectivity index (χ4n) is 1.94. The summed E-state index contributed by atoms with van der Waals surface area (Å²) in [4.78, 5) is 8.45. The third-order valence-corrected chi connectivity index (χ3v) is 2.93. The molecule has 0 amide bonds. The first-order chi connectivity index (χ1) is 8.34. The lowest BCUT2D eigenvalue weighted by atomic mass is 10.1. The maximum absolute atomic E-state index is 5.52. The Hall–Kier alpha value is -1.75. The molecule has 0 bridgehead atoms. The largest absolute Gasteiger partial charge is 0.370 e. The summed E-state index contributed by atoms with van der Waals surface area (Å²) in [5, 5.41) is 3.98. The normalized spacial score (nSPS) is 19.7. The monoisotopic (exact) mass is 231 g/mol. The summed E-state index contributed by atoms with van der Waals surface area (Å²) >= 11 is 0. The molecule has 0 spiro atoms. The van der Waals surface area contributed by atoms with Crippen LogP contribution in [0.4, 0.5) is 0 Å². The van der Waals surface area contributed by atoms with Crippen LogP contribution in [-0.2, 0) is 4.74 Å². The number of hydrogen-bond donors (Lipinski definition) is 0. The highest BCUT2D eigenvalue weighted by Gasteiger charge is 2.23. The smallest absolute Gasteiger partial charge is 0.259 e. The summed E-state index contributed by atoms with van der Waals surface area (Å²) in [7, 11) is 0. The summed E-state index contributed by atoms with van der Waals surface area (Å²) in [6.45, 7) is 2.77. The van der Waals surface area contributed by atoms with E-state index in [4.69, 9.17) is 9.26 Å². The molecule has 1 unspecified atom stereocenters. The Morgan fingerprint density at radius 3 is 3.12 bits per heavy atom. The molecule has 1 saturated heterocycles. The Morgan fingerprint density at radius 1 is 1.41 bits per heavy atom. The molecule has 1 fully saturated rings. The van der Waals surface area contributed by atoms with Crippen LogP contribution in [0.2, 0.25) is 0 Å². The van der Waals surface area contributed by atoms with Crippen molar-refractivity contribution in [2.24, 2.45) is 0 Å². The standard InChI is InChI=1S/C12H13N3O2/c1-8-4-5-13-7-9(8)12-14-11(15-17-12)10-3-2-6-16-10/h4-5,7,10H,2-3,6H2,1H3. The molecule has 3 heterocycles. The Kier molecular flexibility index (Phi) is 2.60. The third kappa shape index (κ3) is 1.93. The number of rotatable bonds is 2. The molecule has 0 aliphatic carbocycles. The van der Waals surface area contributed by atoms with E-state index in [-0.39, 0.29) is 6.10 Å². The zero-order valence-corrected chi connectivity index (χ0v) is 9.59. The second-order valence-electron chi connectivity index (χ2n) is 4.15. The number of aryl methyl sites for hydroxylation is 1. The van der Waals surface area contributed by atoms with Crippen LogP contribution in [-0.4, -0.2) is 21.7 Å². The molecule has 0 aromatic carbocycles. The number of hydrogen-bond acceptors (Lipinski definition) is 5. The van der Waals surface area contributed by atoms with Gasteiger partial charge in [-0.05, 0) is 31.4 Å². The molecule has 3 rings (SSSR count). The van der Waals surface area contributed by atoms with E-state index in [2.05, 4.69) is 15.1 Å². The Balaban J connectivity index is 1.92. The van der Waals surface area contributed by atoms with E-state index in [1.165, 1.54) is 0 Å². The third-order valence-electron chi connectivity index (χ3n) is 2.93. The first kappa shape index (κ1) is 10.4. The van der Waals surface area contributed by atoms with Crippen LogP contribution in [0.15, 0.2) is 23.0 Å². The van der Waals surface area contributed by atoms with Crippen molar-refractivity contribution in [1.82, 2.24) is 15.1 Å². The van der Waals surface area contributed by atoms with Gasteiger partial charge >= 0.3 is 0 Å². The van der Waals surface area contributed by atoms with E-state index in [1.807, 2.05) is 13.0 Å². The van der Waals surface area contributed by atoms with E-state index in [0.717, 1.165) is 30.6 Å². The van der Waals surface area contributed by atoms with Gasteiger partial charge in [0.1, 0.15) is 6.10 Å². The lowest BCUT2D eigenvalue weighted by molar-refractivity contribution is 0.103. The van der Waals surface area contributed by atoms with Gasteiger partial charge in [-0.2, -0.15) is 4.98 Å². The maximum atomic E-state index is 5.52. The van der Waals surface area contributed by atoms with E-state index in [9.17, 15) is 0 Å². The molecule has 1 atom stereocenters. The molecule has 17 heavy (non-hydrogen) atoms. The Bertz CT molecular complexity index is 518. The fourth-order valence-corrected chi connectivity index (χ4v) is 1.94. The van der Waals surface area contributed by atoms with Gasteiger partial charge in [0.05, 0.1) is 5.56 Å².